The van der Waals surface area contributed by atoms with Crippen molar-refractivity contribution < 1.29 is 22.9 Å². The lowest BCUT2D eigenvalue weighted by molar-refractivity contribution is -0.223. The number of hydrogen-bond donors (Lipinski definition) is 2. The Morgan fingerprint density at radius 2 is 2.00 bits per heavy atom. The highest BCUT2D eigenvalue weighted by Gasteiger charge is 2.00. The van der Waals surface area contributed by atoms with E-state index in [1.165, 1.54) is 23.0 Å². The number of halogens is 1. The van der Waals surface area contributed by atoms with Crippen LogP contribution in [0.3, 0.4) is 0 Å². The molecule has 0 saturated carbocycles. The number of hydroxylamine groups is 1. The number of carbonyl (C=O) groups excluding carboxylic acids is 1. The zero-order valence-corrected chi connectivity index (χ0v) is 11.1. The van der Waals surface area contributed by atoms with Gasteiger partial charge in [-0.05, 0) is 0 Å². The summed E-state index contributed by atoms with van der Waals surface area (Å²) < 4.78 is 3.99. The van der Waals surface area contributed by atoms with Gasteiger partial charge in [0.05, 0.1) is 0 Å². The second-order valence-corrected chi connectivity index (χ2v) is 3.20. The highest BCUT2D eigenvalue weighted by Crippen LogP contribution is 1.95. The summed E-state index contributed by atoms with van der Waals surface area (Å²) in [6, 6.07) is 0. The van der Waals surface area contributed by atoms with E-state index in [1.807, 2.05) is 26.3 Å². The summed E-state index contributed by atoms with van der Waals surface area (Å²) in [5.41, 5.74) is 2.01. The van der Waals surface area contributed by atoms with E-state index < -0.39 is 5.97 Å². The lowest BCUT2D eigenvalue weighted by Gasteiger charge is -1.96. The van der Waals surface area contributed by atoms with Crippen LogP contribution < -0.4 is 5.48 Å². The summed E-state index contributed by atoms with van der Waals surface area (Å²) in [6.07, 6.45) is 0.678. The maximum Gasteiger partial charge on any atom is 0.319 e. The molecule has 0 aromatic rings. The molecule has 0 fully saturated rings. The average molecular weight is 333 g/mol. The molecule has 2 N–H and O–H groups in total. The van der Waals surface area contributed by atoms with Crippen molar-refractivity contribution >= 4 is 34.8 Å². The van der Waals surface area contributed by atoms with E-state index in [-0.39, 0.29) is 12.5 Å². The molecule has 90 valence electrons. The second-order valence-electron chi connectivity index (χ2n) is 2.84. The smallest absolute Gasteiger partial charge is 0.319 e. The van der Waals surface area contributed by atoms with E-state index in [2.05, 4.69) is 8.21 Å². The maximum absolute atomic E-state index is 10.5. The van der Waals surface area contributed by atoms with Gasteiger partial charge in [-0.1, -0.05) is 20.8 Å². The summed E-state index contributed by atoms with van der Waals surface area (Å²) in [4.78, 5) is 24.2. The average Bonchev–Trinajstić information content (AvgIpc) is 2.17. The number of carboxylic acid groups (broad SMARTS) is 1. The zero-order chi connectivity index (χ0) is 12.3. The molecule has 0 rings (SSSR count). The molecule has 0 unspecified atom stereocenters. The molecule has 0 atom stereocenters. The van der Waals surface area contributed by atoms with E-state index in [0.717, 1.165) is 0 Å². The summed E-state index contributed by atoms with van der Waals surface area (Å²) in [5.74, 6) is -0.427. The molecule has 0 heterocycles. The van der Waals surface area contributed by atoms with Gasteiger partial charge in [-0.3, -0.25) is 9.59 Å². The van der Waals surface area contributed by atoms with Gasteiger partial charge in [0, 0.05) is 12.3 Å². The van der Waals surface area contributed by atoms with Gasteiger partial charge in [-0.15, -0.1) is 8.21 Å². The van der Waals surface area contributed by atoms with Crippen LogP contribution in [-0.2, 0) is 17.8 Å². The Balaban J connectivity index is 0. The lowest BCUT2D eigenvalue weighted by Crippen LogP contribution is -2.21. The van der Waals surface area contributed by atoms with Crippen LogP contribution in [0.4, 0.5) is 0 Å². The fourth-order valence-electron chi connectivity index (χ4n) is 0.522. The first-order valence-electron chi connectivity index (χ1n) is 4.37. The topological polar surface area (TPSA) is 84.9 Å². The number of carbonyl (C=O) groups is 2. The SMILES string of the molecule is CCC(=O)C(C)C.O=C(O)CNOOI. The summed E-state index contributed by atoms with van der Waals surface area (Å²) in [5, 5.41) is 7.94. The molecule has 0 amide bonds. The second kappa shape index (κ2) is 11.8. The summed E-state index contributed by atoms with van der Waals surface area (Å²) in [6.45, 7) is 5.46. The molecular formula is C8H16INO5. The standard InChI is InChI=1S/C6H12O.C2H4INO4/c1-4-6(7)5(2)3;3-7-8-4-1-2(5)6/h5H,4H2,1-3H3;4H,1H2,(H,5,6). The zero-order valence-electron chi connectivity index (χ0n) is 8.95. The third-order valence-electron chi connectivity index (χ3n) is 1.31. The van der Waals surface area contributed by atoms with E-state index in [0.29, 0.717) is 12.2 Å². The van der Waals surface area contributed by atoms with Gasteiger partial charge in [0.2, 0.25) is 0 Å². The number of nitrogens with one attached hydrogen (secondary N) is 1. The Morgan fingerprint density at radius 3 is 2.20 bits per heavy atom. The Hall–Kier alpha value is -0.250. The number of ketones is 1. The first kappa shape index (κ1) is 17.2. The van der Waals surface area contributed by atoms with E-state index in [4.69, 9.17) is 5.11 Å². The molecule has 0 aliphatic rings. The maximum atomic E-state index is 10.5. The molecule has 7 heteroatoms. The third-order valence-corrected chi connectivity index (χ3v) is 1.49. The van der Waals surface area contributed by atoms with Crippen molar-refractivity contribution in [3.05, 3.63) is 0 Å². The van der Waals surface area contributed by atoms with E-state index in [9.17, 15) is 9.59 Å². The van der Waals surface area contributed by atoms with Gasteiger partial charge in [-0.25, -0.2) is 0 Å². The van der Waals surface area contributed by atoms with Crippen molar-refractivity contribution in [3.63, 3.8) is 0 Å². The van der Waals surface area contributed by atoms with Crippen LogP contribution >= 0.6 is 23.0 Å². The fourth-order valence-corrected chi connectivity index (χ4v) is 0.649. The number of carboxylic acids is 1. The van der Waals surface area contributed by atoms with Gasteiger partial charge in [0.15, 0.2) is 23.0 Å². The number of hydrogen-bond acceptors (Lipinski definition) is 5. The number of Topliss-reactive ketones (excluding diaryl/α,β-unsaturated/α-hetero) is 1. The van der Waals surface area contributed by atoms with Crippen LogP contribution in [0.5, 0.6) is 0 Å². The van der Waals surface area contributed by atoms with Crippen molar-refractivity contribution in [1.29, 1.82) is 0 Å². The van der Waals surface area contributed by atoms with Gasteiger partial charge >= 0.3 is 5.97 Å². The minimum Gasteiger partial charge on any atom is -0.480 e. The van der Waals surface area contributed by atoms with Crippen molar-refractivity contribution in [2.24, 2.45) is 5.92 Å². The molecule has 0 spiro atoms. The molecule has 0 aromatic carbocycles. The van der Waals surface area contributed by atoms with Crippen LogP contribution in [0, 0.1) is 5.92 Å². The molecule has 6 nitrogen and oxygen atoms in total. The minimum absolute atomic E-state index is 0.227. The molecule has 0 saturated heterocycles. The van der Waals surface area contributed by atoms with Crippen molar-refractivity contribution in [1.82, 2.24) is 5.48 Å². The predicted octanol–water partition coefficient (Wildman–Crippen LogP) is 1.50. The Bertz CT molecular complexity index is 186. The Kier molecular flexibility index (Phi) is 13.5. The molecule has 0 aliphatic heterocycles. The predicted molar refractivity (Wildman–Crippen MR) is 62.0 cm³/mol. The van der Waals surface area contributed by atoms with Crippen LogP contribution in [-0.4, -0.2) is 23.4 Å². The van der Waals surface area contributed by atoms with Crippen molar-refractivity contribution in [3.8, 4) is 0 Å². The highest BCUT2D eigenvalue weighted by atomic mass is 127. The molecular weight excluding hydrogens is 317 g/mol. The molecule has 0 aromatic heterocycles. The third kappa shape index (κ3) is 16.4. The Morgan fingerprint density at radius 1 is 1.47 bits per heavy atom. The number of aliphatic carboxylic acids is 1. The van der Waals surface area contributed by atoms with Crippen molar-refractivity contribution in [2.45, 2.75) is 27.2 Å². The number of rotatable bonds is 6. The van der Waals surface area contributed by atoms with E-state index >= 15 is 0 Å². The first-order chi connectivity index (χ1) is 6.95. The minimum atomic E-state index is -1.00. The normalized spacial score (nSPS) is 9.40. The van der Waals surface area contributed by atoms with Crippen LogP contribution in [0.2, 0.25) is 0 Å². The van der Waals surface area contributed by atoms with Crippen LogP contribution in [0.25, 0.3) is 0 Å². The summed E-state index contributed by atoms with van der Waals surface area (Å²) in [7, 11) is 0. The quantitative estimate of drug-likeness (QED) is 0.332. The molecule has 0 bridgehead atoms. The van der Waals surface area contributed by atoms with Gasteiger partial charge in [0.1, 0.15) is 12.3 Å². The van der Waals surface area contributed by atoms with Gasteiger partial charge in [0.25, 0.3) is 0 Å². The highest BCUT2D eigenvalue weighted by molar-refractivity contribution is 14.1. The van der Waals surface area contributed by atoms with Gasteiger partial charge < -0.3 is 5.11 Å². The largest absolute Gasteiger partial charge is 0.480 e. The van der Waals surface area contributed by atoms with Crippen LogP contribution in [0.1, 0.15) is 27.2 Å². The molecule has 0 radical (unpaired) electrons. The first-order valence-corrected chi connectivity index (χ1v) is 5.25. The Labute approximate surface area is 103 Å². The van der Waals surface area contributed by atoms with Gasteiger partial charge in [-0.2, -0.15) is 5.48 Å². The molecule has 0 aliphatic carbocycles. The summed E-state index contributed by atoms with van der Waals surface area (Å²) >= 11 is 1.46. The lowest BCUT2D eigenvalue weighted by atomic mass is 10.1. The van der Waals surface area contributed by atoms with E-state index in [1.54, 1.807) is 0 Å². The fraction of sp³-hybridized carbons (Fsp3) is 0.750. The van der Waals surface area contributed by atoms with Crippen LogP contribution in [0.15, 0.2) is 0 Å². The van der Waals surface area contributed by atoms with Crippen molar-refractivity contribution in [2.75, 3.05) is 6.54 Å². The molecule has 15 heavy (non-hydrogen) atoms. The monoisotopic (exact) mass is 333 g/mol.